The summed E-state index contributed by atoms with van der Waals surface area (Å²) in [6.07, 6.45) is -4.36. The summed E-state index contributed by atoms with van der Waals surface area (Å²) < 4.78 is 135. The first-order valence-electron chi connectivity index (χ1n) is 11.0. The van der Waals surface area contributed by atoms with Gasteiger partial charge in [-0.05, 0) is 32.9 Å². The van der Waals surface area contributed by atoms with Crippen LogP contribution in [0.4, 0.5) is 35.1 Å². The molecule has 216 valence electrons. The fraction of sp³-hybridized carbons (Fsp3) is 0.455. The van der Waals surface area contributed by atoms with Gasteiger partial charge in [-0.3, -0.25) is 0 Å². The maximum absolute atomic E-state index is 13.5. The smallest absolute Gasteiger partial charge is 0.373 e. The van der Waals surface area contributed by atoms with Crippen molar-refractivity contribution in [2.45, 2.75) is 26.9 Å². The van der Waals surface area contributed by atoms with Crippen LogP contribution in [-0.4, -0.2) is 58.8 Å². The molecule has 2 aromatic carbocycles. The molecule has 16 heteroatoms. The van der Waals surface area contributed by atoms with Crippen molar-refractivity contribution in [2.75, 3.05) is 41.2 Å². The summed E-state index contributed by atoms with van der Waals surface area (Å²) in [5, 5.41) is -0.678. The quantitative estimate of drug-likeness (QED) is 0.166. The third kappa shape index (κ3) is 7.38. The van der Waals surface area contributed by atoms with Gasteiger partial charge in [-0.15, -0.1) is 0 Å². The number of hydrogen-bond acceptors (Lipinski definition) is 6. The summed E-state index contributed by atoms with van der Waals surface area (Å²) in [7, 11) is -4.34. The van der Waals surface area contributed by atoms with Crippen molar-refractivity contribution < 1.29 is 61.7 Å². The molecule has 0 radical (unpaired) electrons. The number of rotatable bonds is 11. The minimum Gasteiger partial charge on any atom is -0.373 e. The van der Waals surface area contributed by atoms with Crippen LogP contribution in [0.25, 0.3) is 0 Å². The molecule has 0 aliphatic heterocycles. The van der Waals surface area contributed by atoms with Crippen LogP contribution in [0.5, 0.6) is 0 Å². The lowest BCUT2D eigenvalue weighted by Crippen LogP contribution is -2.58. The lowest BCUT2D eigenvalue weighted by Gasteiger charge is -2.28. The molecule has 0 saturated heterocycles. The Morgan fingerprint density at radius 2 is 0.921 bits per heavy atom. The molecule has 2 aromatic rings. The van der Waals surface area contributed by atoms with E-state index >= 15 is 0 Å². The molecule has 0 aliphatic carbocycles. The van der Waals surface area contributed by atoms with Crippen LogP contribution in [0, 0.1) is 29.1 Å². The normalized spacial score (nSPS) is 12.4. The van der Waals surface area contributed by atoms with Gasteiger partial charge in [0.2, 0.25) is 5.82 Å². The van der Waals surface area contributed by atoms with Crippen molar-refractivity contribution in [3.8, 4) is 0 Å². The van der Waals surface area contributed by atoms with E-state index in [4.69, 9.17) is 26.6 Å². The second kappa shape index (κ2) is 14.5. The van der Waals surface area contributed by atoms with E-state index in [9.17, 15) is 35.1 Å². The molecule has 38 heavy (non-hydrogen) atoms. The molecule has 0 spiro atoms. The Hall–Kier alpha value is -1.93. The first-order chi connectivity index (χ1) is 17.7. The summed E-state index contributed by atoms with van der Waals surface area (Å²) in [5.41, 5.74) is -0.700. The Labute approximate surface area is 217 Å². The van der Waals surface area contributed by atoms with Gasteiger partial charge in [0.15, 0.2) is 23.3 Å². The largest absolute Gasteiger partial charge is 0.542 e. The highest BCUT2D eigenvalue weighted by Gasteiger charge is 2.49. The molecule has 0 fully saturated rings. The average molecular weight is 597 g/mol. The van der Waals surface area contributed by atoms with E-state index in [0.29, 0.717) is 25.0 Å². The van der Waals surface area contributed by atoms with E-state index < -0.39 is 63.6 Å². The highest BCUT2D eigenvalue weighted by molar-refractivity contribution is 6.75. The van der Waals surface area contributed by atoms with Crippen LogP contribution in [0.2, 0.25) is 0 Å². The fourth-order valence-corrected chi connectivity index (χ4v) is 7.57. The van der Waals surface area contributed by atoms with Crippen molar-refractivity contribution in [1.82, 2.24) is 0 Å². The number of alkyl halides is 3. The standard InChI is InChI=1S/C13H19F3O3Si.C9H9F5O3Si/c1-4-17-20(18-5-2,19-6-3)12-9-7-11(8-10-12)13(14,15)16;1-15-18(16-2,17-3)9-7(13)5(11)4(10)6(12)8(9)14/h7-10H,4-6H2,1-3H3;1-3H3. The first-order valence-corrected chi connectivity index (χ1v) is 14.5. The Morgan fingerprint density at radius 1 is 0.579 bits per heavy atom. The lowest BCUT2D eigenvalue weighted by atomic mass is 10.2. The molecule has 0 atom stereocenters. The third-order valence-electron chi connectivity index (χ3n) is 4.89. The van der Waals surface area contributed by atoms with E-state index in [0.717, 1.165) is 33.5 Å². The van der Waals surface area contributed by atoms with Gasteiger partial charge >= 0.3 is 23.8 Å². The SMILES string of the molecule is CCO[Si](OCC)(OCC)c1ccc(C(F)(F)F)cc1.CO[Si](OC)(OC)c1c(F)c(F)c(F)c(F)c1F. The molecule has 0 saturated carbocycles. The molecular weight excluding hydrogens is 568 g/mol. The van der Waals surface area contributed by atoms with E-state index in [1.807, 2.05) is 0 Å². The van der Waals surface area contributed by atoms with Gasteiger partial charge in [0.05, 0.1) is 5.56 Å². The molecular formula is C22H28F8O6Si2. The fourth-order valence-electron chi connectivity index (χ4n) is 3.24. The highest BCUT2D eigenvalue weighted by atomic mass is 28.4. The van der Waals surface area contributed by atoms with Crippen LogP contribution in [0.3, 0.4) is 0 Å². The van der Waals surface area contributed by atoms with E-state index in [1.165, 1.54) is 12.1 Å². The lowest BCUT2D eigenvalue weighted by molar-refractivity contribution is -0.137. The Kier molecular flexibility index (Phi) is 13.0. The molecule has 0 amide bonds. The minimum atomic E-state index is -4.36. The minimum absolute atomic E-state index is 0.368. The van der Waals surface area contributed by atoms with Gasteiger partial charge in [0, 0.05) is 46.3 Å². The summed E-state index contributed by atoms with van der Waals surface area (Å²) in [6, 6.07) is 4.79. The predicted molar refractivity (Wildman–Crippen MR) is 124 cm³/mol. The van der Waals surface area contributed by atoms with Crippen molar-refractivity contribution in [3.05, 3.63) is 58.9 Å². The summed E-state index contributed by atoms with van der Waals surface area (Å²) in [5.74, 6) is -10.5. The van der Waals surface area contributed by atoms with Crippen LogP contribution >= 0.6 is 0 Å². The van der Waals surface area contributed by atoms with E-state index in [1.54, 1.807) is 20.8 Å². The molecule has 0 unspecified atom stereocenters. The number of benzene rings is 2. The van der Waals surface area contributed by atoms with Crippen LogP contribution in [0.1, 0.15) is 26.3 Å². The van der Waals surface area contributed by atoms with Crippen LogP contribution < -0.4 is 10.4 Å². The zero-order valence-electron chi connectivity index (χ0n) is 21.4. The second-order valence-electron chi connectivity index (χ2n) is 7.04. The average Bonchev–Trinajstić information content (AvgIpc) is 2.89. The van der Waals surface area contributed by atoms with Crippen molar-refractivity contribution in [1.29, 1.82) is 0 Å². The molecule has 0 N–H and O–H groups in total. The molecule has 2 rings (SSSR count). The van der Waals surface area contributed by atoms with Gasteiger partial charge < -0.3 is 26.6 Å². The monoisotopic (exact) mass is 596 g/mol. The Morgan fingerprint density at radius 3 is 1.21 bits per heavy atom. The first kappa shape index (κ1) is 34.1. The molecule has 6 nitrogen and oxygen atoms in total. The van der Waals surface area contributed by atoms with Gasteiger partial charge in [0.1, 0.15) is 5.19 Å². The van der Waals surface area contributed by atoms with Crippen molar-refractivity contribution >= 4 is 28.0 Å². The highest BCUT2D eigenvalue weighted by Crippen LogP contribution is 2.28. The zero-order chi connectivity index (χ0) is 29.3. The molecule has 0 bridgehead atoms. The van der Waals surface area contributed by atoms with Gasteiger partial charge in [-0.25, -0.2) is 22.0 Å². The van der Waals surface area contributed by atoms with E-state index in [2.05, 4.69) is 0 Å². The van der Waals surface area contributed by atoms with Crippen molar-refractivity contribution in [2.24, 2.45) is 0 Å². The second-order valence-corrected chi connectivity index (χ2v) is 12.4. The maximum atomic E-state index is 13.5. The van der Waals surface area contributed by atoms with Crippen molar-refractivity contribution in [3.63, 3.8) is 0 Å². The molecule has 0 heterocycles. The van der Waals surface area contributed by atoms with Crippen LogP contribution in [0.15, 0.2) is 24.3 Å². The Balaban J connectivity index is 0.000000382. The summed E-state index contributed by atoms with van der Waals surface area (Å²) >= 11 is 0. The molecule has 0 aromatic heterocycles. The molecule has 0 aliphatic rings. The van der Waals surface area contributed by atoms with E-state index in [-0.39, 0.29) is 0 Å². The summed E-state index contributed by atoms with van der Waals surface area (Å²) in [6.45, 7) is 6.49. The maximum Gasteiger partial charge on any atom is 0.542 e. The summed E-state index contributed by atoms with van der Waals surface area (Å²) in [4.78, 5) is 0. The Bertz CT molecular complexity index is 982. The van der Waals surface area contributed by atoms with Crippen LogP contribution in [-0.2, 0) is 32.7 Å². The van der Waals surface area contributed by atoms with Gasteiger partial charge in [-0.2, -0.15) is 13.2 Å². The number of halogens is 8. The third-order valence-corrected chi connectivity index (χ3v) is 10.6. The topological polar surface area (TPSA) is 55.4 Å². The number of hydrogen-bond donors (Lipinski definition) is 0. The zero-order valence-corrected chi connectivity index (χ0v) is 23.4. The van der Waals surface area contributed by atoms with Gasteiger partial charge in [0.25, 0.3) is 0 Å². The van der Waals surface area contributed by atoms with Gasteiger partial charge in [-0.1, -0.05) is 12.1 Å². The predicted octanol–water partition coefficient (Wildman–Crippen LogP) is 4.43.